The van der Waals surface area contributed by atoms with Crippen molar-refractivity contribution in [1.29, 1.82) is 0 Å². The Hall–Kier alpha value is -2.95. The molecule has 2 heterocycles. The van der Waals surface area contributed by atoms with Crippen LogP contribution in [0.4, 0.5) is 13.6 Å². The van der Waals surface area contributed by atoms with E-state index in [0.717, 1.165) is 12.1 Å². The number of hydrogen-bond donors (Lipinski definition) is 3. The van der Waals surface area contributed by atoms with Crippen LogP contribution in [0.5, 0.6) is 5.75 Å². The number of ether oxygens (including phenoxy) is 1. The molecule has 35 heavy (non-hydrogen) atoms. The van der Waals surface area contributed by atoms with E-state index in [-0.39, 0.29) is 36.2 Å². The molecule has 0 saturated carbocycles. The highest BCUT2D eigenvalue weighted by atomic mass is 19.2. The molecule has 2 saturated heterocycles. The number of likely N-dealkylation sites (tertiary alicyclic amines) is 2. The molecule has 2 aliphatic heterocycles. The summed E-state index contributed by atoms with van der Waals surface area (Å²) in [5.74, 6) is -2.52. The summed E-state index contributed by atoms with van der Waals surface area (Å²) in [5.41, 5.74) is -0.589. The summed E-state index contributed by atoms with van der Waals surface area (Å²) in [6.45, 7) is 7.84. The SMILES string of the molecule is CNC(=O)N1C[C@H](Oc2ccc(F)c(F)c2)[C@@H]2[C@H]1CCN2C(=O)[C@@H](NC(=O)[C@H](C)NC)C(C)(C)C. The number of nitrogens with zero attached hydrogens (tertiary/aromatic N) is 2. The molecular formula is C24H35F2N5O4. The number of amides is 4. The topological polar surface area (TPSA) is 103 Å². The second-order valence-corrected chi connectivity index (χ2v) is 10.1. The number of carbonyl (C=O) groups excluding carboxylic acids is 3. The molecule has 3 N–H and O–H groups in total. The zero-order valence-corrected chi connectivity index (χ0v) is 21.0. The molecule has 0 aliphatic carbocycles. The highest BCUT2D eigenvalue weighted by Gasteiger charge is 2.54. The van der Waals surface area contributed by atoms with Crippen LogP contribution in [0.15, 0.2) is 18.2 Å². The summed E-state index contributed by atoms with van der Waals surface area (Å²) in [4.78, 5) is 42.3. The molecule has 0 bridgehead atoms. The van der Waals surface area contributed by atoms with Crippen molar-refractivity contribution in [3.63, 3.8) is 0 Å². The first-order valence-corrected chi connectivity index (χ1v) is 11.8. The highest BCUT2D eigenvalue weighted by molar-refractivity contribution is 5.90. The van der Waals surface area contributed by atoms with Crippen LogP contribution in [0.25, 0.3) is 0 Å². The summed E-state index contributed by atoms with van der Waals surface area (Å²) in [6, 6.07) is 0.785. The molecule has 2 fully saturated rings. The first-order valence-electron chi connectivity index (χ1n) is 11.8. The quantitative estimate of drug-likeness (QED) is 0.555. The lowest BCUT2D eigenvalue weighted by atomic mass is 9.85. The Morgan fingerprint density at radius 2 is 1.80 bits per heavy atom. The fraction of sp³-hybridized carbons (Fsp3) is 0.625. The zero-order valence-electron chi connectivity index (χ0n) is 21.0. The average Bonchev–Trinajstić information content (AvgIpc) is 3.38. The van der Waals surface area contributed by atoms with Crippen molar-refractivity contribution in [2.24, 2.45) is 5.41 Å². The number of benzene rings is 1. The molecule has 2 aliphatic rings. The van der Waals surface area contributed by atoms with Crippen LogP contribution >= 0.6 is 0 Å². The lowest BCUT2D eigenvalue weighted by molar-refractivity contribution is -0.141. The number of halogens is 2. The van der Waals surface area contributed by atoms with Gasteiger partial charge < -0.3 is 30.5 Å². The Balaban J connectivity index is 1.91. The van der Waals surface area contributed by atoms with Crippen molar-refractivity contribution in [3.05, 3.63) is 29.8 Å². The number of rotatable bonds is 6. The van der Waals surface area contributed by atoms with Crippen LogP contribution in [0.1, 0.15) is 34.1 Å². The molecule has 194 valence electrons. The predicted molar refractivity (Wildman–Crippen MR) is 126 cm³/mol. The largest absolute Gasteiger partial charge is 0.486 e. The molecule has 3 rings (SSSR count). The molecule has 0 radical (unpaired) electrons. The maximum atomic E-state index is 13.8. The molecule has 1 aromatic rings. The predicted octanol–water partition coefficient (Wildman–Crippen LogP) is 1.48. The van der Waals surface area contributed by atoms with E-state index in [9.17, 15) is 23.2 Å². The van der Waals surface area contributed by atoms with E-state index >= 15 is 0 Å². The van der Waals surface area contributed by atoms with E-state index in [2.05, 4.69) is 16.0 Å². The van der Waals surface area contributed by atoms with Gasteiger partial charge in [-0.2, -0.15) is 0 Å². The lowest BCUT2D eigenvalue weighted by Crippen LogP contribution is -2.59. The average molecular weight is 496 g/mol. The molecule has 0 spiro atoms. The number of nitrogens with one attached hydrogen (secondary N) is 3. The van der Waals surface area contributed by atoms with Crippen molar-refractivity contribution in [3.8, 4) is 5.75 Å². The van der Waals surface area contributed by atoms with Gasteiger partial charge in [0.25, 0.3) is 0 Å². The van der Waals surface area contributed by atoms with E-state index in [1.807, 2.05) is 20.8 Å². The molecule has 5 atom stereocenters. The molecule has 9 nitrogen and oxygen atoms in total. The molecule has 0 unspecified atom stereocenters. The van der Waals surface area contributed by atoms with Gasteiger partial charge in [-0.05, 0) is 37.9 Å². The Labute approximate surface area is 204 Å². The molecule has 11 heteroatoms. The summed E-state index contributed by atoms with van der Waals surface area (Å²) >= 11 is 0. The first-order chi connectivity index (χ1) is 16.4. The van der Waals surface area contributed by atoms with Gasteiger partial charge in [-0.3, -0.25) is 9.59 Å². The minimum atomic E-state index is -1.05. The van der Waals surface area contributed by atoms with Gasteiger partial charge in [0.15, 0.2) is 11.6 Å². The van der Waals surface area contributed by atoms with Crippen molar-refractivity contribution < 1.29 is 27.9 Å². The molecular weight excluding hydrogens is 460 g/mol. The van der Waals surface area contributed by atoms with E-state index in [0.29, 0.717) is 13.0 Å². The minimum Gasteiger partial charge on any atom is -0.486 e. The van der Waals surface area contributed by atoms with Crippen LogP contribution in [-0.4, -0.2) is 85.1 Å². The Kier molecular flexibility index (Phi) is 7.88. The summed E-state index contributed by atoms with van der Waals surface area (Å²) < 4.78 is 33.2. The Morgan fingerprint density at radius 3 is 2.37 bits per heavy atom. The first kappa shape index (κ1) is 26.7. The summed E-state index contributed by atoms with van der Waals surface area (Å²) in [7, 11) is 3.18. The zero-order chi connectivity index (χ0) is 26.1. The maximum Gasteiger partial charge on any atom is 0.317 e. The van der Waals surface area contributed by atoms with E-state index < -0.39 is 41.3 Å². The van der Waals surface area contributed by atoms with Crippen LogP contribution in [0, 0.1) is 17.0 Å². The van der Waals surface area contributed by atoms with Crippen LogP contribution in [-0.2, 0) is 9.59 Å². The molecule has 1 aromatic carbocycles. The van der Waals surface area contributed by atoms with Gasteiger partial charge in [-0.1, -0.05) is 20.8 Å². The summed E-state index contributed by atoms with van der Waals surface area (Å²) in [6.07, 6.45) is -0.139. The van der Waals surface area contributed by atoms with Crippen molar-refractivity contribution >= 4 is 17.8 Å². The van der Waals surface area contributed by atoms with Gasteiger partial charge in [0.1, 0.15) is 17.9 Å². The van der Waals surface area contributed by atoms with Crippen molar-refractivity contribution in [2.45, 2.75) is 64.4 Å². The van der Waals surface area contributed by atoms with Crippen LogP contribution in [0.2, 0.25) is 0 Å². The monoisotopic (exact) mass is 495 g/mol. The van der Waals surface area contributed by atoms with Crippen LogP contribution < -0.4 is 20.7 Å². The van der Waals surface area contributed by atoms with Gasteiger partial charge in [-0.15, -0.1) is 0 Å². The number of hydrogen-bond acceptors (Lipinski definition) is 5. The Bertz CT molecular complexity index is 970. The van der Waals surface area contributed by atoms with Gasteiger partial charge in [-0.25, -0.2) is 13.6 Å². The fourth-order valence-electron chi connectivity index (χ4n) is 4.70. The third-order valence-electron chi connectivity index (χ3n) is 6.74. The fourth-order valence-corrected chi connectivity index (χ4v) is 4.70. The van der Waals surface area contributed by atoms with E-state index in [1.165, 1.54) is 13.1 Å². The number of fused-ring (bicyclic) bond motifs is 1. The third-order valence-corrected chi connectivity index (χ3v) is 6.74. The smallest absolute Gasteiger partial charge is 0.317 e. The second kappa shape index (κ2) is 10.3. The van der Waals surface area contributed by atoms with Gasteiger partial charge in [0.05, 0.1) is 24.7 Å². The molecule has 4 amide bonds. The third kappa shape index (κ3) is 5.50. The number of urea groups is 1. The number of likely N-dealkylation sites (N-methyl/N-ethyl adjacent to an activating group) is 1. The van der Waals surface area contributed by atoms with Crippen molar-refractivity contribution in [1.82, 2.24) is 25.8 Å². The minimum absolute atomic E-state index is 0.106. The standard InChI is InChI=1S/C24H35F2N5O4/c1-13(27-5)21(32)29-20(24(2,3)4)22(33)30-10-9-17-19(30)18(12-31(17)23(34)28-6)35-14-7-8-15(25)16(26)11-14/h7-8,11,13,17-20,27H,9-10,12H2,1-6H3,(H,28,34)(H,29,32)/t13-,17+,18-,19-,20+/m0/s1. The van der Waals surface area contributed by atoms with Gasteiger partial charge >= 0.3 is 6.03 Å². The van der Waals surface area contributed by atoms with Gasteiger partial charge in [0.2, 0.25) is 11.8 Å². The van der Waals surface area contributed by atoms with Crippen LogP contribution in [0.3, 0.4) is 0 Å². The number of carbonyl (C=O) groups is 3. The summed E-state index contributed by atoms with van der Waals surface area (Å²) in [5, 5.41) is 8.35. The molecule has 0 aromatic heterocycles. The lowest BCUT2D eigenvalue weighted by Gasteiger charge is -2.37. The van der Waals surface area contributed by atoms with E-state index in [1.54, 1.807) is 23.8 Å². The maximum absolute atomic E-state index is 13.8. The van der Waals surface area contributed by atoms with Gasteiger partial charge in [0, 0.05) is 19.7 Å². The normalized spacial score (nSPS) is 23.5. The second-order valence-electron chi connectivity index (χ2n) is 10.1. The van der Waals surface area contributed by atoms with E-state index in [4.69, 9.17) is 4.74 Å². The highest BCUT2D eigenvalue weighted by Crippen LogP contribution is 2.36. The Morgan fingerprint density at radius 1 is 1.11 bits per heavy atom. The van der Waals surface area contributed by atoms with Crippen molar-refractivity contribution in [2.75, 3.05) is 27.2 Å².